The molecule has 0 aliphatic rings. The summed E-state index contributed by atoms with van der Waals surface area (Å²) in [6.45, 7) is -0.617. The second-order valence-electron chi connectivity index (χ2n) is 4.40. The topological polar surface area (TPSA) is 83.8 Å². The summed E-state index contributed by atoms with van der Waals surface area (Å²) in [7, 11) is 0. The monoisotopic (exact) mass is 306 g/mol. The van der Waals surface area contributed by atoms with E-state index in [1.54, 1.807) is 60.7 Å². The molecule has 0 aliphatic heterocycles. The zero-order valence-electron chi connectivity index (χ0n) is 11.0. The molecular formula is C15H14O5S. The Kier molecular flexibility index (Phi) is 4.98. The lowest BCUT2D eigenvalue weighted by Gasteiger charge is -2.26. The van der Waals surface area contributed by atoms with Gasteiger partial charge in [-0.05, 0) is 5.56 Å². The molecule has 0 aromatic heterocycles. The van der Waals surface area contributed by atoms with E-state index in [-0.39, 0.29) is 5.56 Å². The van der Waals surface area contributed by atoms with E-state index in [1.165, 1.54) is 0 Å². The van der Waals surface area contributed by atoms with Crippen LogP contribution >= 0.6 is 0 Å². The van der Waals surface area contributed by atoms with Crippen molar-refractivity contribution in [3.8, 4) is 0 Å². The summed E-state index contributed by atoms with van der Waals surface area (Å²) in [6, 6.07) is 16.4. The molecule has 110 valence electrons. The van der Waals surface area contributed by atoms with E-state index in [2.05, 4.69) is 4.18 Å². The molecule has 2 aromatic carbocycles. The Hall–Kier alpha value is -1.86. The summed E-state index contributed by atoms with van der Waals surface area (Å²) in [6.07, 6.45) is 0. The van der Waals surface area contributed by atoms with Gasteiger partial charge in [-0.25, -0.2) is 0 Å². The third kappa shape index (κ3) is 3.62. The van der Waals surface area contributed by atoms with Crippen molar-refractivity contribution in [1.29, 1.82) is 0 Å². The normalized spacial score (nSPS) is 15.1. The fraction of sp³-hybridized carbons (Fsp3) is 0.133. The number of hydrogen-bond acceptors (Lipinski definition) is 4. The van der Waals surface area contributed by atoms with Crippen LogP contribution in [0.15, 0.2) is 60.7 Å². The van der Waals surface area contributed by atoms with Crippen LogP contribution in [0.2, 0.25) is 0 Å². The molecular weight excluding hydrogens is 292 g/mol. The van der Waals surface area contributed by atoms with Crippen molar-refractivity contribution in [1.82, 2.24) is 0 Å². The van der Waals surface area contributed by atoms with E-state index in [1.807, 2.05) is 0 Å². The summed E-state index contributed by atoms with van der Waals surface area (Å²) < 4.78 is 24.0. The number of benzene rings is 2. The molecule has 0 spiro atoms. The van der Waals surface area contributed by atoms with Gasteiger partial charge >= 0.3 is 11.4 Å². The van der Waals surface area contributed by atoms with E-state index in [0.717, 1.165) is 0 Å². The molecule has 21 heavy (non-hydrogen) atoms. The number of hydrogen-bond donors (Lipinski definition) is 2. The maximum atomic E-state index is 12.6. The fourth-order valence-electron chi connectivity index (χ4n) is 1.96. The molecule has 5 nitrogen and oxygen atoms in total. The van der Waals surface area contributed by atoms with Gasteiger partial charge in [0.2, 0.25) is 5.78 Å². The van der Waals surface area contributed by atoms with Gasteiger partial charge in [0.15, 0.2) is 5.60 Å². The molecule has 0 amide bonds. The van der Waals surface area contributed by atoms with Crippen LogP contribution in [0.4, 0.5) is 0 Å². The lowest BCUT2D eigenvalue weighted by molar-refractivity contribution is 0.00376. The molecule has 0 saturated heterocycles. The van der Waals surface area contributed by atoms with Crippen LogP contribution in [0.1, 0.15) is 15.9 Å². The van der Waals surface area contributed by atoms with Crippen molar-refractivity contribution >= 4 is 17.1 Å². The Labute approximate surface area is 124 Å². The van der Waals surface area contributed by atoms with Gasteiger partial charge in [-0.1, -0.05) is 60.7 Å². The molecule has 2 aromatic rings. The molecule has 2 N–H and O–H groups in total. The quantitative estimate of drug-likeness (QED) is 0.629. The van der Waals surface area contributed by atoms with Crippen molar-refractivity contribution in [2.24, 2.45) is 0 Å². The van der Waals surface area contributed by atoms with E-state index in [9.17, 15) is 14.1 Å². The minimum atomic E-state index is -2.57. The van der Waals surface area contributed by atoms with Crippen molar-refractivity contribution in [3.05, 3.63) is 71.8 Å². The Morgan fingerprint density at radius 3 is 2.10 bits per heavy atom. The molecule has 2 rings (SSSR count). The third-order valence-corrected chi connectivity index (χ3v) is 3.35. The van der Waals surface area contributed by atoms with E-state index in [0.29, 0.717) is 5.56 Å². The summed E-state index contributed by atoms with van der Waals surface area (Å²) >= 11 is -2.57. The zero-order valence-corrected chi connectivity index (χ0v) is 11.8. The smallest absolute Gasteiger partial charge is 0.302 e. The predicted octanol–water partition coefficient (Wildman–Crippen LogP) is 1.91. The Bertz CT molecular complexity index is 629. The van der Waals surface area contributed by atoms with Crippen LogP contribution in [-0.2, 0) is 21.1 Å². The van der Waals surface area contributed by atoms with Crippen LogP contribution in [-0.4, -0.2) is 26.3 Å². The highest BCUT2D eigenvalue weighted by Crippen LogP contribution is 2.26. The Balaban J connectivity index is 2.41. The summed E-state index contributed by atoms with van der Waals surface area (Å²) in [4.78, 5) is 12.6. The van der Waals surface area contributed by atoms with Crippen molar-refractivity contribution in [2.75, 3.05) is 6.61 Å². The second-order valence-corrected chi connectivity index (χ2v) is 5.07. The highest BCUT2D eigenvalue weighted by atomic mass is 32.2. The number of ketones is 1. The number of aliphatic hydroxyl groups is 1. The maximum absolute atomic E-state index is 12.6. The van der Waals surface area contributed by atoms with Crippen LogP contribution in [0.5, 0.6) is 0 Å². The van der Waals surface area contributed by atoms with Crippen LogP contribution in [0, 0.1) is 0 Å². The highest BCUT2D eigenvalue weighted by molar-refractivity contribution is 7.74. The lowest BCUT2D eigenvalue weighted by Crippen LogP contribution is -2.40. The van der Waals surface area contributed by atoms with Gasteiger partial charge < -0.3 is 5.11 Å². The number of carbonyl (C=O) groups is 1. The summed E-state index contributed by atoms with van der Waals surface area (Å²) in [5.74, 6) is -0.597. The van der Waals surface area contributed by atoms with Gasteiger partial charge in [0.25, 0.3) is 0 Å². The molecule has 0 bridgehead atoms. The van der Waals surface area contributed by atoms with Gasteiger partial charge in [-0.3, -0.25) is 13.5 Å². The van der Waals surface area contributed by atoms with Gasteiger partial charge in [-0.15, -0.1) is 0 Å². The number of rotatable bonds is 6. The first-order valence-electron chi connectivity index (χ1n) is 6.16. The second kappa shape index (κ2) is 6.73. The largest absolute Gasteiger partial charge is 0.375 e. The molecule has 0 radical (unpaired) electrons. The SMILES string of the molecule is O=C(c1ccccc1)C(O)(COS(=O)O)c1ccccc1. The molecule has 2 atom stereocenters. The highest BCUT2D eigenvalue weighted by Gasteiger charge is 2.39. The average Bonchev–Trinajstić information content (AvgIpc) is 2.53. The third-order valence-electron chi connectivity index (χ3n) is 3.03. The molecule has 2 unspecified atom stereocenters. The molecule has 6 heteroatoms. The number of carbonyl (C=O) groups excluding carboxylic acids is 1. The summed E-state index contributed by atoms with van der Waals surface area (Å²) in [5.41, 5.74) is -1.44. The summed E-state index contributed by atoms with van der Waals surface area (Å²) in [5, 5.41) is 10.7. The van der Waals surface area contributed by atoms with Gasteiger partial charge in [-0.2, -0.15) is 4.21 Å². The first-order valence-corrected chi connectivity index (χ1v) is 7.19. The van der Waals surface area contributed by atoms with E-state index in [4.69, 9.17) is 4.55 Å². The maximum Gasteiger partial charge on any atom is 0.302 e. The van der Waals surface area contributed by atoms with Gasteiger partial charge in [0.05, 0.1) is 0 Å². The zero-order chi connectivity index (χ0) is 15.3. The minimum absolute atomic E-state index is 0.288. The van der Waals surface area contributed by atoms with E-state index >= 15 is 0 Å². The lowest BCUT2D eigenvalue weighted by atomic mass is 9.86. The molecule has 0 saturated carbocycles. The van der Waals surface area contributed by atoms with Crippen molar-refractivity contribution < 1.29 is 22.8 Å². The van der Waals surface area contributed by atoms with Crippen LogP contribution in [0.25, 0.3) is 0 Å². The molecule has 0 heterocycles. The molecule has 0 aliphatic carbocycles. The standard InChI is InChI=1S/C15H14O5S/c16-14(12-7-3-1-4-8-12)15(17,11-20-21(18)19)13-9-5-2-6-10-13/h1-10,17H,11H2,(H,18,19). The molecule has 0 fully saturated rings. The van der Waals surface area contributed by atoms with Gasteiger partial charge in [0.1, 0.15) is 6.61 Å². The van der Waals surface area contributed by atoms with Crippen LogP contribution in [0.3, 0.4) is 0 Å². The first-order chi connectivity index (χ1) is 10.0. The first kappa shape index (κ1) is 15.5. The average molecular weight is 306 g/mol. The van der Waals surface area contributed by atoms with Crippen molar-refractivity contribution in [3.63, 3.8) is 0 Å². The fourth-order valence-corrected chi connectivity index (χ4v) is 2.23. The predicted molar refractivity (Wildman–Crippen MR) is 77.8 cm³/mol. The minimum Gasteiger partial charge on any atom is -0.375 e. The number of Topliss-reactive ketones (excluding diaryl/α,β-unsaturated/α-hetero) is 1. The van der Waals surface area contributed by atoms with Crippen molar-refractivity contribution in [2.45, 2.75) is 5.60 Å². The van der Waals surface area contributed by atoms with E-state index < -0.39 is 29.4 Å². The van der Waals surface area contributed by atoms with Crippen LogP contribution < -0.4 is 0 Å². The van der Waals surface area contributed by atoms with Gasteiger partial charge in [0, 0.05) is 5.56 Å². The Morgan fingerprint density at radius 2 is 1.57 bits per heavy atom. The Morgan fingerprint density at radius 1 is 1.05 bits per heavy atom.